The number of benzene rings is 7. The van der Waals surface area contributed by atoms with Gasteiger partial charge in [-0.05, 0) is 58.5 Å². The molecule has 7 aromatic carbocycles. The normalized spacial score (nSPS) is 13.4. The predicted molar refractivity (Wildman–Crippen MR) is 192 cm³/mol. The van der Waals surface area contributed by atoms with Gasteiger partial charge in [0.05, 0.1) is 28.1 Å². The molecular formula is C42H25BN2O2. The van der Waals surface area contributed by atoms with Crippen molar-refractivity contribution in [1.29, 1.82) is 0 Å². The standard InChI is InChI=1S/C42H25BN2O2/c1-2-13-26(14-3-1)27-15-4-6-17-29(27)43-30-18-12-24-37-41(30)45(33-21-9-10-22-35(33)46-37)34-25-38-42-39(40(34)43)28-16-5-7-19-31(28)44(42)32-20-8-11-23-36(32)47-38/h1-25H. The minimum absolute atomic E-state index is 0.0769. The average Bonchev–Trinajstić information content (AvgIpc) is 3.49. The monoisotopic (exact) mass is 600 g/mol. The van der Waals surface area contributed by atoms with E-state index in [1.165, 1.54) is 43.8 Å². The van der Waals surface area contributed by atoms with Gasteiger partial charge in [-0.1, -0.05) is 115 Å². The zero-order valence-corrected chi connectivity index (χ0v) is 25.2. The van der Waals surface area contributed by atoms with Crippen LogP contribution in [0.4, 0.5) is 17.1 Å². The number of hydrogen-bond donors (Lipinski definition) is 0. The Morgan fingerprint density at radius 2 is 1.15 bits per heavy atom. The smallest absolute Gasteiger partial charge is 0.248 e. The Hall–Kier alpha value is -6.20. The summed E-state index contributed by atoms with van der Waals surface area (Å²) in [6.45, 7) is -0.0769. The number of fused-ring (bicyclic) bond motifs is 10. The van der Waals surface area contributed by atoms with Gasteiger partial charge in [0.2, 0.25) is 6.71 Å². The Balaban J connectivity index is 1.34. The molecule has 0 fully saturated rings. The van der Waals surface area contributed by atoms with E-state index in [9.17, 15) is 0 Å². The number of para-hydroxylation sites is 6. The molecule has 0 aliphatic carbocycles. The summed E-state index contributed by atoms with van der Waals surface area (Å²) in [6.07, 6.45) is 0. The highest BCUT2D eigenvalue weighted by Crippen LogP contribution is 2.54. The third-order valence-electron chi connectivity index (χ3n) is 10.0. The van der Waals surface area contributed by atoms with Gasteiger partial charge in [0.15, 0.2) is 23.0 Å². The molecule has 5 heteroatoms. The molecule has 0 atom stereocenters. The van der Waals surface area contributed by atoms with Gasteiger partial charge in [-0.3, -0.25) is 0 Å². The lowest BCUT2D eigenvalue weighted by Gasteiger charge is -2.42. The second-order valence-electron chi connectivity index (χ2n) is 12.4. The Labute approximate surface area is 271 Å². The average molecular weight is 600 g/mol. The Bertz CT molecular complexity index is 2610. The molecule has 0 saturated carbocycles. The fraction of sp³-hybridized carbons (Fsp3) is 0. The van der Waals surface area contributed by atoms with Crippen LogP contribution in [0.25, 0.3) is 38.6 Å². The molecule has 11 rings (SSSR count). The summed E-state index contributed by atoms with van der Waals surface area (Å²) < 4.78 is 15.9. The SMILES string of the molecule is c1ccc(-c2ccccc2B2c3cccc4c3N(c3ccccc3O4)c3cc4c5c(c32)c2ccccc2n5-c2ccccc2O4)cc1. The second kappa shape index (κ2) is 9.18. The van der Waals surface area contributed by atoms with E-state index < -0.39 is 0 Å². The molecule has 0 unspecified atom stereocenters. The van der Waals surface area contributed by atoms with Gasteiger partial charge in [-0.2, -0.15) is 0 Å². The maximum absolute atomic E-state index is 6.82. The number of aromatic nitrogens is 1. The van der Waals surface area contributed by atoms with Crippen molar-refractivity contribution in [2.45, 2.75) is 0 Å². The molecule has 0 N–H and O–H groups in total. The molecule has 8 aromatic rings. The van der Waals surface area contributed by atoms with E-state index >= 15 is 0 Å². The van der Waals surface area contributed by atoms with Gasteiger partial charge in [0, 0.05) is 22.5 Å². The molecule has 0 saturated heterocycles. The summed E-state index contributed by atoms with van der Waals surface area (Å²) in [7, 11) is 0. The maximum atomic E-state index is 6.82. The van der Waals surface area contributed by atoms with Gasteiger partial charge < -0.3 is 18.9 Å². The summed E-state index contributed by atoms with van der Waals surface area (Å²) in [4.78, 5) is 2.41. The molecule has 1 aromatic heterocycles. The molecule has 4 heterocycles. The van der Waals surface area contributed by atoms with Gasteiger partial charge in [0.25, 0.3) is 0 Å². The van der Waals surface area contributed by atoms with Crippen LogP contribution >= 0.6 is 0 Å². The number of anilines is 3. The highest BCUT2D eigenvalue weighted by atomic mass is 16.5. The van der Waals surface area contributed by atoms with E-state index in [4.69, 9.17) is 9.47 Å². The number of nitrogens with zero attached hydrogens (tertiary/aromatic N) is 2. The van der Waals surface area contributed by atoms with Crippen molar-refractivity contribution in [2.75, 3.05) is 4.90 Å². The summed E-state index contributed by atoms with van der Waals surface area (Å²) in [5.41, 5.74) is 12.7. The lowest BCUT2D eigenvalue weighted by Crippen LogP contribution is -2.58. The number of ether oxygens (including phenoxy) is 2. The predicted octanol–water partition coefficient (Wildman–Crippen LogP) is 8.96. The molecular weight excluding hydrogens is 575 g/mol. The molecule has 3 aliphatic rings. The summed E-state index contributed by atoms with van der Waals surface area (Å²) in [5.74, 6) is 3.41. The zero-order valence-electron chi connectivity index (χ0n) is 25.2. The molecule has 0 spiro atoms. The van der Waals surface area contributed by atoms with Crippen LogP contribution in [0.1, 0.15) is 0 Å². The first-order chi connectivity index (χ1) is 23.3. The lowest BCUT2D eigenvalue weighted by molar-refractivity contribution is 0.474. The Kier molecular flexibility index (Phi) is 4.89. The fourth-order valence-corrected chi connectivity index (χ4v) is 8.22. The first-order valence-corrected chi connectivity index (χ1v) is 16.1. The van der Waals surface area contributed by atoms with Crippen LogP contribution in [-0.4, -0.2) is 11.3 Å². The van der Waals surface area contributed by atoms with E-state index in [-0.39, 0.29) is 6.71 Å². The molecule has 0 bridgehead atoms. The second-order valence-corrected chi connectivity index (χ2v) is 12.4. The fourth-order valence-electron chi connectivity index (χ4n) is 8.22. The van der Waals surface area contributed by atoms with Crippen LogP contribution in [-0.2, 0) is 0 Å². The first-order valence-electron chi connectivity index (χ1n) is 16.1. The van der Waals surface area contributed by atoms with Crippen molar-refractivity contribution < 1.29 is 9.47 Å². The summed E-state index contributed by atoms with van der Waals surface area (Å²) in [6, 6.07) is 53.9. The van der Waals surface area contributed by atoms with Gasteiger partial charge in [-0.15, -0.1) is 0 Å². The van der Waals surface area contributed by atoms with E-state index in [0.717, 1.165) is 51.3 Å². The van der Waals surface area contributed by atoms with Crippen molar-refractivity contribution in [1.82, 2.24) is 4.57 Å². The van der Waals surface area contributed by atoms with Crippen molar-refractivity contribution in [2.24, 2.45) is 0 Å². The highest BCUT2D eigenvalue weighted by Gasteiger charge is 2.44. The van der Waals surface area contributed by atoms with Crippen LogP contribution in [0.5, 0.6) is 23.0 Å². The maximum Gasteiger partial charge on any atom is 0.248 e. The van der Waals surface area contributed by atoms with Crippen LogP contribution in [0.2, 0.25) is 0 Å². The summed E-state index contributed by atoms with van der Waals surface area (Å²) in [5, 5.41) is 2.43. The summed E-state index contributed by atoms with van der Waals surface area (Å²) >= 11 is 0. The minimum atomic E-state index is -0.0769. The van der Waals surface area contributed by atoms with Crippen molar-refractivity contribution in [3.63, 3.8) is 0 Å². The Morgan fingerprint density at radius 3 is 2.04 bits per heavy atom. The van der Waals surface area contributed by atoms with Crippen molar-refractivity contribution in [3.05, 3.63) is 152 Å². The number of rotatable bonds is 2. The number of hydrogen-bond acceptors (Lipinski definition) is 3. The molecule has 4 nitrogen and oxygen atoms in total. The van der Waals surface area contributed by atoms with E-state index in [0.29, 0.717) is 0 Å². The third kappa shape index (κ3) is 3.27. The van der Waals surface area contributed by atoms with Crippen LogP contribution < -0.4 is 30.8 Å². The van der Waals surface area contributed by atoms with Gasteiger partial charge in [0.1, 0.15) is 0 Å². The van der Waals surface area contributed by atoms with Gasteiger partial charge >= 0.3 is 0 Å². The van der Waals surface area contributed by atoms with E-state index in [1.807, 2.05) is 12.1 Å². The lowest BCUT2D eigenvalue weighted by atomic mass is 9.33. The molecule has 0 radical (unpaired) electrons. The van der Waals surface area contributed by atoms with Crippen LogP contribution in [0.3, 0.4) is 0 Å². The van der Waals surface area contributed by atoms with Crippen LogP contribution in [0, 0.1) is 0 Å². The topological polar surface area (TPSA) is 26.6 Å². The first kappa shape index (κ1) is 25.0. The zero-order chi connectivity index (χ0) is 30.6. The minimum Gasteiger partial charge on any atom is -0.453 e. The van der Waals surface area contributed by atoms with Gasteiger partial charge in [-0.25, -0.2) is 0 Å². The van der Waals surface area contributed by atoms with Crippen molar-refractivity contribution >= 4 is 62.0 Å². The third-order valence-corrected chi connectivity index (χ3v) is 10.0. The Morgan fingerprint density at radius 1 is 0.489 bits per heavy atom. The largest absolute Gasteiger partial charge is 0.453 e. The van der Waals surface area contributed by atoms with E-state index in [2.05, 4.69) is 149 Å². The molecule has 218 valence electrons. The van der Waals surface area contributed by atoms with Crippen molar-refractivity contribution in [3.8, 4) is 39.8 Å². The molecule has 3 aliphatic heterocycles. The highest BCUT2D eigenvalue weighted by molar-refractivity contribution is 7.00. The molecule has 47 heavy (non-hydrogen) atoms. The quantitative estimate of drug-likeness (QED) is 0.185. The van der Waals surface area contributed by atoms with Crippen LogP contribution in [0.15, 0.2) is 152 Å². The molecule has 0 amide bonds. The van der Waals surface area contributed by atoms with E-state index in [1.54, 1.807) is 0 Å².